The minimum Gasteiger partial charge on any atom is -0.462 e. The van der Waals surface area contributed by atoms with Crippen molar-refractivity contribution in [3.63, 3.8) is 0 Å². The number of nitro groups is 1. The molecule has 7 nitrogen and oxygen atoms in total. The lowest BCUT2D eigenvalue weighted by molar-refractivity contribution is -0.383. The summed E-state index contributed by atoms with van der Waals surface area (Å²) < 4.78 is 19.4. The van der Waals surface area contributed by atoms with Gasteiger partial charge in [-0.15, -0.1) is 0 Å². The maximum Gasteiger partial charge on any atom is 0.338 e. The second kappa shape index (κ2) is 10.3. The first-order valence-electron chi connectivity index (χ1n) is 9.98. The zero-order valence-electron chi connectivity index (χ0n) is 17.3. The monoisotopic (exact) mass is 436 g/mol. The molecular formula is C24H21FN2O5. The summed E-state index contributed by atoms with van der Waals surface area (Å²) >= 11 is 0. The molecule has 1 N–H and O–H groups in total. The van der Waals surface area contributed by atoms with Crippen LogP contribution >= 0.6 is 0 Å². The summed E-state index contributed by atoms with van der Waals surface area (Å²) in [7, 11) is 0. The van der Waals surface area contributed by atoms with Gasteiger partial charge in [0.15, 0.2) is 0 Å². The molecule has 0 aliphatic rings. The molecule has 0 saturated heterocycles. The van der Waals surface area contributed by atoms with Crippen LogP contribution in [0.15, 0.2) is 66.7 Å². The lowest BCUT2D eigenvalue weighted by Gasteiger charge is -2.09. The minimum absolute atomic E-state index is 0.0790. The Morgan fingerprint density at radius 2 is 1.78 bits per heavy atom. The Morgan fingerprint density at radius 1 is 1.03 bits per heavy atom. The molecule has 3 rings (SSSR count). The van der Waals surface area contributed by atoms with E-state index in [0.29, 0.717) is 5.56 Å². The summed E-state index contributed by atoms with van der Waals surface area (Å²) in [6, 6.07) is 17.7. The Morgan fingerprint density at radius 3 is 2.44 bits per heavy atom. The second-order valence-corrected chi connectivity index (χ2v) is 6.93. The van der Waals surface area contributed by atoms with Gasteiger partial charge in [-0.25, -0.2) is 9.18 Å². The number of anilines is 1. The third-order valence-corrected chi connectivity index (χ3v) is 4.76. The highest BCUT2D eigenvalue weighted by Crippen LogP contribution is 2.27. The van der Waals surface area contributed by atoms with E-state index < -0.39 is 22.6 Å². The Kier molecular flexibility index (Phi) is 7.28. The maximum absolute atomic E-state index is 14.5. The molecule has 0 spiro atoms. The Labute approximate surface area is 184 Å². The molecule has 164 valence electrons. The number of benzene rings is 3. The average molecular weight is 436 g/mol. The highest BCUT2D eigenvalue weighted by atomic mass is 19.1. The lowest BCUT2D eigenvalue weighted by atomic mass is 10.0. The highest BCUT2D eigenvalue weighted by molar-refractivity contribution is 5.97. The van der Waals surface area contributed by atoms with Gasteiger partial charge in [-0.1, -0.05) is 42.5 Å². The first kappa shape index (κ1) is 22.6. The Hall–Kier alpha value is -4.07. The van der Waals surface area contributed by atoms with Crippen molar-refractivity contribution < 1.29 is 23.6 Å². The van der Waals surface area contributed by atoms with Crippen LogP contribution in [-0.4, -0.2) is 23.4 Å². The van der Waals surface area contributed by atoms with E-state index in [4.69, 9.17) is 4.74 Å². The van der Waals surface area contributed by atoms with E-state index in [1.165, 1.54) is 18.2 Å². The molecule has 32 heavy (non-hydrogen) atoms. The highest BCUT2D eigenvalue weighted by Gasteiger charge is 2.19. The number of esters is 1. The van der Waals surface area contributed by atoms with Crippen LogP contribution < -0.4 is 5.32 Å². The number of halogens is 1. The van der Waals surface area contributed by atoms with Gasteiger partial charge in [0.1, 0.15) is 11.5 Å². The summed E-state index contributed by atoms with van der Waals surface area (Å²) in [5.41, 5.74) is 1.56. The van der Waals surface area contributed by atoms with Crippen LogP contribution in [0, 0.1) is 15.9 Å². The number of nitrogens with zero attached hydrogens (tertiary/aromatic N) is 1. The predicted molar refractivity (Wildman–Crippen MR) is 118 cm³/mol. The van der Waals surface area contributed by atoms with Gasteiger partial charge in [0.25, 0.3) is 5.69 Å². The molecule has 0 saturated carbocycles. The summed E-state index contributed by atoms with van der Waals surface area (Å²) in [4.78, 5) is 34.9. The number of rotatable bonds is 8. The molecule has 0 aromatic heterocycles. The fourth-order valence-corrected chi connectivity index (χ4v) is 3.16. The number of nitro benzene ring substituents is 1. The summed E-state index contributed by atoms with van der Waals surface area (Å²) in [6.45, 7) is 1.78. The summed E-state index contributed by atoms with van der Waals surface area (Å²) in [5.74, 6) is -1.63. The van der Waals surface area contributed by atoms with Gasteiger partial charge in [0.05, 0.1) is 17.1 Å². The molecule has 0 heterocycles. The molecule has 0 atom stereocenters. The van der Waals surface area contributed by atoms with Gasteiger partial charge in [-0.05, 0) is 48.2 Å². The molecule has 0 aliphatic heterocycles. The standard InChI is InChI=1S/C24H21FN2O5/c1-2-32-24(29)19-10-12-22(27(30)31)21(15-19)26-23(28)13-11-17-8-9-18(14-20(17)25)16-6-4-3-5-7-16/h3-10,12,14-15H,2,11,13H2,1H3,(H,26,28). The zero-order valence-corrected chi connectivity index (χ0v) is 17.3. The van der Waals surface area contributed by atoms with E-state index in [2.05, 4.69) is 5.32 Å². The molecule has 0 bridgehead atoms. The van der Waals surface area contributed by atoms with Crippen LogP contribution in [0.4, 0.5) is 15.8 Å². The van der Waals surface area contributed by atoms with Crippen molar-refractivity contribution in [3.05, 3.63) is 93.8 Å². The van der Waals surface area contributed by atoms with Crippen LogP contribution in [0.1, 0.15) is 29.3 Å². The van der Waals surface area contributed by atoms with Crippen LogP contribution in [0.5, 0.6) is 0 Å². The van der Waals surface area contributed by atoms with Gasteiger partial charge in [-0.3, -0.25) is 14.9 Å². The quantitative estimate of drug-likeness (QED) is 0.299. The Bertz CT molecular complexity index is 1150. The van der Waals surface area contributed by atoms with E-state index >= 15 is 0 Å². The van der Waals surface area contributed by atoms with E-state index in [1.807, 2.05) is 30.3 Å². The van der Waals surface area contributed by atoms with Gasteiger partial charge < -0.3 is 10.1 Å². The average Bonchev–Trinajstić information content (AvgIpc) is 2.78. The smallest absolute Gasteiger partial charge is 0.338 e. The van der Waals surface area contributed by atoms with Crippen molar-refractivity contribution in [2.75, 3.05) is 11.9 Å². The van der Waals surface area contributed by atoms with Gasteiger partial charge in [0.2, 0.25) is 5.91 Å². The van der Waals surface area contributed by atoms with E-state index in [-0.39, 0.29) is 36.4 Å². The van der Waals surface area contributed by atoms with E-state index in [0.717, 1.165) is 17.2 Å². The van der Waals surface area contributed by atoms with E-state index in [9.17, 15) is 24.1 Å². The molecule has 8 heteroatoms. The first-order valence-corrected chi connectivity index (χ1v) is 9.98. The Balaban J connectivity index is 1.70. The summed E-state index contributed by atoms with van der Waals surface area (Å²) in [5, 5.41) is 13.7. The van der Waals surface area contributed by atoms with Crippen LogP contribution in [0.25, 0.3) is 11.1 Å². The fraction of sp³-hybridized carbons (Fsp3) is 0.167. The number of hydrogen-bond donors (Lipinski definition) is 1. The van der Waals surface area contributed by atoms with Crippen LogP contribution in [0.2, 0.25) is 0 Å². The molecule has 3 aromatic carbocycles. The fourth-order valence-electron chi connectivity index (χ4n) is 3.16. The van der Waals surface area contributed by atoms with Crippen molar-refractivity contribution in [3.8, 4) is 11.1 Å². The number of amides is 1. The summed E-state index contributed by atoms with van der Waals surface area (Å²) in [6.07, 6.45) is 0.0144. The SMILES string of the molecule is CCOC(=O)c1ccc([N+](=O)[O-])c(NC(=O)CCc2ccc(-c3ccccc3)cc2F)c1. The normalized spacial score (nSPS) is 10.4. The maximum atomic E-state index is 14.5. The van der Waals surface area contributed by atoms with Crippen molar-refractivity contribution in [1.29, 1.82) is 0 Å². The van der Waals surface area contributed by atoms with E-state index in [1.54, 1.807) is 19.1 Å². The van der Waals surface area contributed by atoms with Crippen LogP contribution in [0.3, 0.4) is 0 Å². The number of ether oxygens (including phenoxy) is 1. The van der Waals surface area contributed by atoms with Crippen molar-refractivity contribution in [1.82, 2.24) is 0 Å². The van der Waals surface area contributed by atoms with Gasteiger partial charge in [-0.2, -0.15) is 0 Å². The first-order chi connectivity index (χ1) is 15.4. The number of nitrogens with one attached hydrogen (secondary N) is 1. The molecule has 3 aromatic rings. The van der Waals surface area contributed by atoms with Crippen molar-refractivity contribution in [2.24, 2.45) is 0 Å². The zero-order chi connectivity index (χ0) is 23.1. The number of hydrogen-bond acceptors (Lipinski definition) is 5. The topological polar surface area (TPSA) is 98.5 Å². The van der Waals surface area contributed by atoms with Gasteiger partial charge in [0, 0.05) is 12.5 Å². The molecular weight excluding hydrogens is 415 g/mol. The molecule has 1 amide bonds. The minimum atomic E-state index is -0.660. The third-order valence-electron chi connectivity index (χ3n) is 4.76. The molecule has 0 fully saturated rings. The van der Waals surface area contributed by atoms with Crippen molar-refractivity contribution in [2.45, 2.75) is 19.8 Å². The van der Waals surface area contributed by atoms with Crippen LogP contribution in [-0.2, 0) is 16.0 Å². The third kappa shape index (κ3) is 5.54. The second-order valence-electron chi connectivity index (χ2n) is 6.93. The number of aryl methyl sites for hydroxylation is 1. The molecule has 0 aliphatic carbocycles. The largest absolute Gasteiger partial charge is 0.462 e. The molecule has 0 radical (unpaired) electrons. The van der Waals surface area contributed by atoms with Gasteiger partial charge >= 0.3 is 5.97 Å². The predicted octanol–water partition coefficient (Wildman–Crippen LogP) is 5.15. The lowest BCUT2D eigenvalue weighted by Crippen LogP contribution is -2.15. The number of carbonyl (C=O) groups excluding carboxylic acids is 2. The van der Waals surface area contributed by atoms with Crippen molar-refractivity contribution >= 4 is 23.3 Å². The number of carbonyl (C=O) groups is 2. The molecule has 0 unspecified atom stereocenters.